The minimum atomic E-state index is -0.595. The van der Waals surface area contributed by atoms with Gasteiger partial charge in [-0.1, -0.05) is 48.5 Å². The molecule has 32 heavy (non-hydrogen) atoms. The molecule has 0 spiro atoms. The van der Waals surface area contributed by atoms with Crippen molar-refractivity contribution in [2.24, 2.45) is 0 Å². The van der Waals surface area contributed by atoms with E-state index in [0.717, 1.165) is 33.3 Å². The normalized spacial score (nSPS) is 11.2. The van der Waals surface area contributed by atoms with Gasteiger partial charge in [-0.05, 0) is 46.7 Å². The van der Waals surface area contributed by atoms with Crippen molar-refractivity contribution in [1.82, 2.24) is 9.88 Å². The Morgan fingerprint density at radius 2 is 1.66 bits per heavy atom. The Bertz CT molecular complexity index is 1450. The lowest BCUT2D eigenvalue weighted by Gasteiger charge is -2.10. The van der Waals surface area contributed by atoms with Crippen molar-refractivity contribution in [3.8, 4) is 0 Å². The largest absolute Gasteiger partial charge is 0.348 e. The summed E-state index contributed by atoms with van der Waals surface area (Å²) < 4.78 is 29.1. The molecular formula is C27H20F2N2O. The fourth-order valence-electron chi connectivity index (χ4n) is 4.04. The number of nitrogens with zero attached hydrogens (tertiary/aromatic N) is 1. The molecule has 1 amide bonds. The molecule has 0 atom stereocenters. The van der Waals surface area contributed by atoms with Crippen molar-refractivity contribution in [3.63, 3.8) is 0 Å². The molecule has 0 fully saturated rings. The highest BCUT2D eigenvalue weighted by Gasteiger charge is 2.11. The summed E-state index contributed by atoms with van der Waals surface area (Å²) in [5, 5.41) is 6.14. The molecule has 1 aromatic heterocycles. The maximum atomic E-state index is 14.0. The third-order valence-corrected chi connectivity index (χ3v) is 5.71. The Balaban J connectivity index is 1.34. The molecule has 0 radical (unpaired) electrons. The first-order chi connectivity index (χ1) is 15.6. The fraction of sp³-hybridized carbons (Fsp3) is 0.0741. The highest BCUT2D eigenvalue weighted by atomic mass is 19.1. The number of halogens is 2. The minimum Gasteiger partial charge on any atom is -0.348 e. The molecule has 0 bridgehead atoms. The van der Waals surface area contributed by atoms with Crippen LogP contribution in [0.25, 0.3) is 21.7 Å². The zero-order valence-corrected chi connectivity index (χ0v) is 17.2. The third-order valence-electron chi connectivity index (χ3n) is 5.71. The van der Waals surface area contributed by atoms with Gasteiger partial charge in [-0.15, -0.1) is 0 Å². The first-order valence-electron chi connectivity index (χ1n) is 10.4. The molecule has 3 nitrogen and oxygen atoms in total. The lowest BCUT2D eigenvalue weighted by Crippen LogP contribution is -2.22. The Hall–Kier alpha value is -3.99. The van der Waals surface area contributed by atoms with Crippen LogP contribution in [-0.4, -0.2) is 10.5 Å². The fourth-order valence-corrected chi connectivity index (χ4v) is 4.04. The molecule has 158 valence electrons. The Morgan fingerprint density at radius 3 is 2.53 bits per heavy atom. The number of aromatic nitrogens is 1. The SMILES string of the molecule is O=C(NCc1cccc2ccccc12)c1ccc2c(ccn2Cc2ccc(F)cc2F)c1. The van der Waals surface area contributed by atoms with Crippen molar-refractivity contribution >= 4 is 27.6 Å². The standard InChI is InChI=1S/C27H20F2N2O/c28-23-10-8-22(25(29)15-23)17-31-13-12-19-14-20(9-11-26(19)31)27(32)30-16-21-6-3-5-18-4-1-2-7-24(18)21/h1-15H,16-17H2,(H,30,32). The van der Waals surface area contributed by atoms with Gasteiger partial charge in [-0.3, -0.25) is 4.79 Å². The molecule has 0 aliphatic carbocycles. The van der Waals surface area contributed by atoms with Crippen molar-refractivity contribution in [2.45, 2.75) is 13.1 Å². The van der Waals surface area contributed by atoms with Gasteiger partial charge in [0.25, 0.3) is 5.91 Å². The first-order valence-corrected chi connectivity index (χ1v) is 10.4. The number of nitrogens with one attached hydrogen (secondary N) is 1. The van der Waals surface area contributed by atoms with Gasteiger partial charge in [-0.2, -0.15) is 0 Å². The van der Waals surface area contributed by atoms with Crippen LogP contribution >= 0.6 is 0 Å². The predicted octanol–water partition coefficient (Wildman–Crippen LogP) is 6.05. The lowest BCUT2D eigenvalue weighted by atomic mass is 10.0. The van der Waals surface area contributed by atoms with Gasteiger partial charge in [0.1, 0.15) is 11.6 Å². The molecule has 5 aromatic rings. The number of benzene rings is 4. The van der Waals surface area contributed by atoms with Crippen molar-refractivity contribution in [2.75, 3.05) is 0 Å². The summed E-state index contributed by atoms with van der Waals surface area (Å²) in [6.45, 7) is 0.714. The van der Waals surface area contributed by atoms with Crippen LogP contribution in [0.4, 0.5) is 8.78 Å². The number of rotatable bonds is 5. The summed E-state index contributed by atoms with van der Waals surface area (Å²) in [6.07, 6.45) is 1.84. The Kier molecular flexibility index (Phi) is 5.15. The summed E-state index contributed by atoms with van der Waals surface area (Å²) in [4.78, 5) is 12.8. The van der Waals surface area contributed by atoms with E-state index in [2.05, 4.69) is 23.5 Å². The van der Waals surface area contributed by atoms with E-state index >= 15 is 0 Å². The zero-order chi connectivity index (χ0) is 22.1. The van der Waals surface area contributed by atoms with Crippen LogP contribution in [0.5, 0.6) is 0 Å². The molecule has 0 aliphatic heterocycles. The molecular weight excluding hydrogens is 406 g/mol. The molecule has 5 heteroatoms. The van der Waals surface area contributed by atoms with Crippen LogP contribution in [-0.2, 0) is 13.1 Å². The maximum Gasteiger partial charge on any atom is 0.251 e. The average molecular weight is 426 g/mol. The molecule has 5 rings (SSSR count). The van der Waals surface area contributed by atoms with E-state index in [4.69, 9.17) is 0 Å². The average Bonchev–Trinajstić information content (AvgIpc) is 3.21. The van der Waals surface area contributed by atoms with Crippen LogP contribution in [0.2, 0.25) is 0 Å². The number of hydrogen-bond acceptors (Lipinski definition) is 1. The van der Waals surface area contributed by atoms with Gasteiger partial charge in [0.15, 0.2) is 0 Å². The quantitative estimate of drug-likeness (QED) is 0.365. The molecule has 4 aromatic carbocycles. The third kappa shape index (κ3) is 3.85. The summed E-state index contributed by atoms with van der Waals surface area (Å²) in [7, 11) is 0. The molecule has 0 saturated carbocycles. The maximum absolute atomic E-state index is 14.0. The topological polar surface area (TPSA) is 34.0 Å². The Labute approximate surface area is 183 Å². The Morgan fingerprint density at radius 1 is 0.812 bits per heavy atom. The second-order valence-corrected chi connectivity index (χ2v) is 7.77. The van der Waals surface area contributed by atoms with Crippen LogP contribution in [0.3, 0.4) is 0 Å². The summed E-state index contributed by atoms with van der Waals surface area (Å²) in [6, 6.07) is 25.1. The van der Waals surface area contributed by atoms with Crippen LogP contribution in [0.1, 0.15) is 21.5 Å². The second kappa shape index (κ2) is 8.27. The first kappa shape index (κ1) is 19.9. The minimum absolute atomic E-state index is 0.155. The van der Waals surface area contributed by atoms with Gasteiger partial charge in [-0.25, -0.2) is 8.78 Å². The molecule has 1 heterocycles. The highest BCUT2D eigenvalue weighted by molar-refractivity contribution is 5.98. The van der Waals surface area contributed by atoms with Gasteiger partial charge in [0, 0.05) is 40.8 Å². The van der Waals surface area contributed by atoms with Crippen molar-refractivity contribution < 1.29 is 13.6 Å². The number of carbonyl (C=O) groups excluding carboxylic acids is 1. The van der Waals surface area contributed by atoms with Crippen molar-refractivity contribution in [3.05, 3.63) is 119 Å². The number of carbonyl (C=O) groups is 1. The summed E-state index contributed by atoms with van der Waals surface area (Å²) in [5.41, 5.74) is 2.90. The van der Waals surface area contributed by atoms with E-state index in [9.17, 15) is 13.6 Å². The lowest BCUT2D eigenvalue weighted by molar-refractivity contribution is 0.0951. The number of fused-ring (bicyclic) bond motifs is 2. The molecule has 0 aliphatic rings. The van der Waals surface area contributed by atoms with Gasteiger partial charge in [0.05, 0.1) is 6.54 Å². The number of amides is 1. The van der Waals surface area contributed by atoms with Gasteiger partial charge >= 0.3 is 0 Å². The molecule has 0 saturated heterocycles. The van der Waals surface area contributed by atoms with E-state index in [1.54, 1.807) is 6.07 Å². The van der Waals surface area contributed by atoms with E-state index in [-0.39, 0.29) is 12.5 Å². The smallest absolute Gasteiger partial charge is 0.251 e. The molecule has 0 unspecified atom stereocenters. The van der Waals surface area contributed by atoms with E-state index in [1.165, 1.54) is 12.1 Å². The summed E-state index contributed by atoms with van der Waals surface area (Å²) in [5.74, 6) is -1.32. The van der Waals surface area contributed by atoms with Crippen molar-refractivity contribution in [1.29, 1.82) is 0 Å². The van der Waals surface area contributed by atoms with Crippen LogP contribution in [0.15, 0.2) is 91.1 Å². The van der Waals surface area contributed by atoms with E-state index in [1.807, 2.05) is 53.2 Å². The predicted molar refractivity (Wildman–Crippen MR) is 123 cm³/mol. The van der Waals surface area contributed by atoms with Crippen LogP contribution < -0.4 is 5.32 Å². The van der Waals surface area contributed by atoms with E-state index < -0.39 is 11.6 Å². The van der Waals surface area contributed by atoms with Gasteiger partial charge < -0.3 is 9.88 Å². The zero-order valence-electron chi connectivity index (χ0n) is 17.2. The number of hydrogen-bond donors (Lipinski definition) is 1. The summed E-state index contributed by atoms with van der Waals surface area (Å²) >= 11 is 0. The second-order valence-electron chi connectivity index (χ2n) is 7.77. The molecule has 1 N–H and O–H groups in total. The van der Waals surface area contributed by atoms with Gasteiger partial charge in [0.2, 0.25) is 0 Å². The van der Waals surface area contributed by atoms with Crippen LogP contribution in [0, 0.1) is 11.6 Å². The monoisotopic (exact) mass is 426 g/mol. The van der Waals surface area contributed by atoms with E-state index in [0.29, 0.717) is 17.7 Å². The highest BCUT2D eigenvalue weighted by Crippen LogP contribution is 2.21.